The van der Waals surface area contributed by atoms with Gasteiger partial charge < -0.3 is 14.2 Å². The van der Waals surface area contributed by atoms with Crippen LogP contribution in [0.25, 0.3) is 10.4 Å². The van der Waals surface area contributed by atoms with Crippen LogP contribution in [0.2, 0.25) is 0 Å². The molecule has 0 N–H and O–H groups in total. The summed E-state index contributed by atoms with van der Waals surface area (Å²) in [6.07, 6.45) is -3.48. The van der Waals surface area contributed by atoms with E-state index >= 15 is 0 Å². The predicted octanol–water partition coefficient (Wildman–Crippen LogP) is 2.34. The first-order chi connectivity index (χ1) is 9.79. The van der Waals surface area contributed by atoms with E-state index in [2.05, 4.69) is 10.0 Å². The number of rotatable bonds is 4. The van der Waals surface area contributed by atoms with E-state index in [4.69, 9.17) is 19.7 Å². The topological polar surface area (TPSA) is 76.5 Å². The third-order valence-electron chi connectivity index (χ3n) is 3.49. The summed E-state index contributed by atoms with van der Waals surface area (Å²) in [6.45, 7) is 0.529. The van der Waals surface area contributed by atoms with Crippen LogP contribution in [-0.2, 0) is 20.8 Å². The van der Waals surface area contributed by atoms with Crippen molar-refractivity contribution in [3.05, 3.63) is 46.3 Å². The molecule has 7 heteroatoms. The SMILES string of the molecule is [N-]=[N+]=N[C@H]1[C@@H]2OC[C@@H](O2)[C@@H](OCc2ccccc2)[C@@H]1F. The van der Waals surface area contributed by atoms with Gasteiger partial charge in [-0.05, 0) is 11.1 Å². The second-order valence-electron chi connectivity index (χ2n) is 4.78. The molecule has 0 amide bonds. The molecule has 20 heavy (non-hydrogen) atoms. The Hall–Kier alpha value is -1.66. The Bertz CT molecular complexity index is 509. The minimum absolute atomic E-state index is 0.252. The van der Waals surface area contributed by atoms with Crippen molar-refractivity contribution in [2.45, 2.75) is 37.3 Å². The van der Waals surface area contributed by atoms with Gasteiger partial charge in [-0.2, -0.15) is 0 Å². The number of hydrogen-bond acceptors (Lipinski definition) is 4. The second kappa shape index (κ2) is 5.76. The van der Waals surface area contributed by atoms with Crippen LogP contribution in [0.4, 0.5) is 4.39 Å². The Kier molecular flexibility index (Phi) is 3.84. The molecule has 106 valence electrons. The summed E-state index contributed by atoms with van der Waals surface area (Å²) in [5.74, 6) is 0. The molecule has 0 aromatic heterocycles. The van der Waals surface area contributed by atoms with Crippen LogP contribution in [0, 0.1) is 0 Å². The fraction of sp³-hybridized carbons (Fsp3) is 0.538. The van der Waals surface area contributed by atoms with E-state index in [9.17, 15) is 4.39 Å². The Morgan fingerprint density at radius 3 is 2.95 bits per heavy atom. The van der Waals surface area contributed by atoms with Crippen LogP contribution in [0.3, 0.4) is 0 Å². The first-order valence-electron chi connectivity index (χ1n) is 6.40. The molecule has 5 atom stereocenters. The van der Waals surface area contributed by atoms with E-state index in [-0.39, 0.29) is 13.2 Å². The van der Waals surface area contributed by atoms with Crippen LogP contribution < -0.4 is 0 Å². The summed E-state index contributed by atoms with van der Waals surface area (Å²) in [5, 5.41) is 3.42. The zero-order valence-electron chi connectivity index (χ0n) is 10.6. The summed E-state index contributed by atoms with van der Waals surface area (Å²) in [6, 6.07) is 8.48. The molecule has 6 nitrogen and oxygen atoms in total. The minimum atomic E-state index is -1.43. The molecule has 0 unspecified atom stereocenters. The highest BCUT2D eigenvalue weighted by molar-refractivity contribution is 5.13. The minimum Gasteiger partial charge on any atom is -0.368 e. The zero-order chi connectivity index (χ0) is 13.9. The molecule has 0 aliphatic carbocycles. The average molecular weight is 279 g/mol. The summed E-state index contributed by atoms with van der Waals surface area (Å²) in [7, 11) is 0. The van der Waals surface area contributed by atoms with Crippen LogP contribution >= 0.6 is 0 Å². The van der Waals surface area contributed by atoms with Crippen LogP contribution in [0.5, 0.6) is 0 Å². The van der Waals surface area contributed by atoms with Gasteiger partial charge in [0.15, 0.2) is 6.29 Å². The maximum absolute atomic E-state index is 14.4. The molecule has 2 aliphatic heterocycles. The average Bonchev–Trinajstić information content (AvgIpc) is 2.90. The van der Waals surface area contributed by atoms with Crippen molar-refractivity contribution in [1.82, 2.24) is 0 Å². The van der Waals surface area contributed by atoms with Gasteiger partial charge in [0.25, 0.3) is 0 Å². The molecule has 0 spiro atoms. The molecule has 2 fully saturated rings. The van der Waals surface area contributed by atoms with Gasteiger partial charge in [-0.1, -0.05) is 35.4 Å². The number of fused-ring (bicyclic) bond motifs is 2. The summed E-state index contributed by atoms with van der Waals surface area (Å²) in [4.78, 5) is 2.65. The van der Waals surface area contributed by atoms with Gasteiger partial charge in [-0.3, -0.25) is 0 Å². The van der Waals surface area contributed by atoms with E-state index in [1.165, 1.54) is 0 Å². The molecular formula is C13H14FN3O3. The maximum Gasteiger partial charge on any atom is 0.169 e. The molecule has 0 saturated carbocycles. The van der Waals surface area contributed by atoms with Gasteiger partial charge in [-0.15, -0.1) is 0 Å². The summed E-state index contributed by atoms with van der Waals surface area (Å²) < 4.78 is 30.8. The van der Waals surface area contributed by atoms with Gasteiger partial charge >= 0.3 is 0 Å². The summed E-state index contributed by atoms with van der Waals surface area (Å²) >= 11 is 0. The van der Waals surface area contributed by atoms with Gasteiger partial charge in [0.05, 0.1) is 13.2 Å². The van der Waals surface area contributed by atoms with E-state index in [1.807, 2.05) is 30.3 Å². The number of nitrogens with zero attached hydrogens (tertiary/aromatic N) is 3. The molecule has 1 aromatic carbocycles. The van der Waals surface area contributed by atoms with Crippen molar-refractivity contribution in [2.75, 3.05) is 6.61 Å². The van der Waals surface area contributed by atoms with Crippen LogP contribution in [-0.4, -0.2) is 37.3 Å². The van der Waals surface area contributed by atoms with Crippen molar-refractivity contribution < 1.29 is 18.6 Å². The number of hydrogen-bond donors (Lipinski definition) is 0. The largest absolute Gasteiger partial charge is 0.368 e. The smallest absolute Gasteiger partial charge is 0.169 e. The predicted molar refractivity (Wildman–Crippen MR) is 67.5 cm³/mol. The number of halogens is 1. The van der Waals surface area contributed by atoms with Gasteiger partial charge in [0.2, 0.25) is 0 Å². The second-order valence-corrected chi connectivity index (χ2v) is 4.78. The molecule has 3 rings (SSSR count). The lowest BCUT2D eigenvalue weighted by atomic mass is 10.0. The zero-order valence-corrected chi connectivity index (χ0v) is 10.6. The van der Waals surface area contributed by atoms with Crippen molar-refractivity contribution in [3.8, 4) is 0 Å². The fourth-order valence-corrected chi connectivity index (χ4v) is 2.49. The maximum atomic E-state index is 14.4. The van der Waals surface area contributed by atoms with E-state index in [0.717, 1.165) is 5.56 Å². The lowest BCUT2D eigenvalue weighted by Gasteiger charge is -2.34. The lowest BCUT2D eigenvalue weighted by molar-refractivity contribution is -0.178. The quantitative estimate of drug-likeness (QED) is 0.482. The Morgan fingerprint density at radius 2 is 2.20 bits per heavy atom. The molecule has 2 bridgehead atoms. The van der Waals surface area contributed by atoms with Gasteiger partial charge in [0, 0.05) is 4.91 Å². The van der Waals surface area contributed by atoms with Gasteiger partial charge in [0.1, 0.15) is 24.4 Å². The third-order valence-corrected chi connectivity index (χ3v) is 3.49. The summed E-state index contributed by atoms with van der Waals surface area (Å²) in [5.41, 5.74) is 9.44. The number of ether oxygens (including phenoxy) is 3. The number of benzene rings is 1. The highest BCUT2D eigenvalue weighted by Crippen LogP contribution is 2.34. The molecule has 0 radical (unpaired) electrons. The monoisotopic (exact) mass is 279 g/mol. The molecular weight excluding hydrogens is 265 g/mol. The molecule has 1 aromatic rings. The molecule has 2 saturated heterocycles. The van der Waals surface area contributed by atoms with Crippen molar-refractivity contribution in [3.63, 3.8) is 0 Å². The first kappa shape index (κ1) is 13.3. The Balaban J connectivity index is 1.70. The van der Waals surface area contributed by atoms with Crippen molar-refractivity contribution in [1.29, 1.82) is 0 Å². The normalized spacial score (nSPS) is 35.5. The fourth-order valence-electron chi connectivity index (χ4n) is 2.49. The van der Waals surface area contributed by atoms with Crippen LogP contribution in [0.1, 0.15) is 5.56 Å². The number of azide groups is 1. The Labute approximate surface area is 115 Å². The third kappa shape index (κ3) is 2.48. The first-order valence-corrected chi connectivity index (χ1v) is 6.40. The highest BCUT2D eigenvalue weighted by atomic mass is 19.1. The van der Waals surface area contributed by atoms with Crippen LogP contribution in [0.15, 0.2) is 35.4 Å². The van der Waals surface area contributed by atoms with Crippen molar-refractivity contribution in [2.24, 2.45) is 5.11 Å². The van der Waals surface area contributed by atoms with Gasteiger partial charge in [-0.25, -0.2) is 4.39 Å². The Morgan fingerprint density at radius 1 is 1.40 bits per heavy atom. The number of alkyl halides is 1. The van der Waals surface area contributed by atoms with E-state index in [0.29, 0.717) is 0 Å². The standard InChI is InChI=1S/C13H14FN3O3/c14-10-11(16-17-15)13-19-7-9(20-13)12(10)18-6-8-4-2-1-3-5-8/h1-5,9-13H,6-7H2/t9-,10-,11-,12-,13-/m1/s1. The van der Waals surface area contributed by atoms with E-state index < -0.39 is 30.7 Å². The lowest BCUT2D eigenvalue weighted by Crippen LogP contribution is -2.51. The van der Waals surface area contributed by atoms with Crippen molar-refractivity contribution >= 4 is 0 Å². The molecule has 2 aliphatic rings. The molecule has 2 heterocycles. The van der Waals surface area contributed by atoms with E-state index in [1.54, 1.807) is 0 Å². The highest BCUT2D eigenvalue weighted by Gasteiger charge is 2.51.